The van der Waals surface area contributed by atoms with E-state index in [1.807, 2.05) is 0 Å². The predicted molar refractivity (Wildman–Crippen MR) is 114 cm³/mol. The van der Waals surface area contributed by atoms with Crippen LogP contribution in [0.1, 0.15) is 0 Å². The van der Waals surface area contributed by atoms with Gasteiger partial charge in [0.1, 0.15) is 11.6 Å². The van der Waals surface area contributed by atoms with Gasteiger partial charge in [0.15, 0.2) is 17.1 Å². The largest absolute Gasteiger partial charge is 0.493 e. The lowest BCUT2D eigenvalue weighted by molar-refractivity contribution is -0.200. The van der Waals surface area contributed by atoms with Crippen LogP contribution in [0.2, 0.25) is 0 Å². The summed E-state index contributed by atoms with van der Waals surface area (Å²) in [6.07, 6.45) is -1.55. The number of rotatable bonds is 4. The number of nitrogens with one attached hydrogen (secondary N) is 1. The van der Waals surface area contributed by atoms with Crippen molar-refractivity contribution in [2.45, 2.75) is 6.18 Å². The minimum Gasteiger partial charge on any atom is -0.454 e. The summed E-state index contributed by atoms with van der Waals surface area (Å²) in [6.45, 7) is 0. The maximum absolute atomic E-state index is 14.3. The van der Waals surface area contributed by atoms with Crippen LogP contribution in [0.15, 0.2) is 53.8 Å². The number of aromatic nitrogens is 5. The van der Waals surface area contributed by atoms with E-state index >= 15 is 0 Å². The Morgan fingerprint density at radius 2 is 1.86 bits per heavy atom. The number of alkyl halides is 3. The number of halogens is 5. The summed E-state index contributed by atoms with van der Waals surface area (Å²) in [4.78, 5) is 35.6. The molecule has 0 bridgehead atoms. The molecule has 0 fully saturated rings. The molecule has 0 saturated carbocycles. The molecule has 0 amide bonds. The first-order valence-corrected chi connectivity index (χ1v) is 10.00. The summed E-state index contributed by atoms with van der Waals surface area (Å²) in [6, 6.07) is 5.71. The SMILES string of the molecule is Cn1cc(-c2cc3nc[nH]c3cc2Oc2ccc(F)cc2F)c2cnn(OC(=O)C(F)(F)F)c2c1=O. The number of imidazole rings is 1. The van der Waals surface area contributed by atoms with Crippen LogP contribution in [0.4, 0.5) is 22.0 Å². The first kappa shape index (κ1) is 23.0. The zero-order chi connectivity index (χ0) is 25.8. The number of carbonyl (C=O) groups is 1. The van der Waals surface area contributed by atoms with E-state index in [0.717, 1.165) is 22.9 Å². The van der Waals surface area contributed by atoms with Crippen molar-refractivity contribution in [3.05, 3.63) is 71.0 Å². The van der Waals surface area contributed by atoms with Crippen LogP contribution < -0.4 is 15.1 Å². The highest BCUT2D eigenvalue weighted by atomic mass is 19.4. The van der Waals surface area contributed by atoms with Crippen molar-refractivity contribution in [2.24, 2.45) is 7.05 Å². The number of hydrogen-bond acceptors (Lipinski definition) is 6. The van der Waals surface area contributed by atoms with E-state index in [9.17, 15) is 31.5 Å². The van der Waals surface area contributed by atoms with E-state index in [1.54, 1.807) is 0 Å². The van der Waals surface area contributed by atoms with E-state index in [-0.39, 0.29) is 32.9 Å². The molecule has 9 nitrogen and oxygen atoms in total. The van der Waals surface area contributed by atoms with Gasteiger partial charge in [-0.1, -0.05) is 4.85 Å². The topological polar surface area (TPSA) is 104 Å². The van der Waals surface area contributed by atoms with Gasteiger partial charge in [0.05, 0.1) is 23.6 Å². The number of carbonyl (C=O) groups excluding carboxylic acids is 1. The Balaban J connectivity index is 1.72. The first-order valence-electron chi connectivity index (χ1n) is 10.00. The number of aromatic amines is 1. The molecule has 3 heterocycles. The number of benzene rings is 2. The molecular formula is C22H12F5N5O4. The minimum absolute atomic E-state index is 0.00684. The van der Waals surface area contributed by atoms with Crippen LogP contribution in [0.3, 0.4) is 0 Å². The lowest BCUT2D eigenvalue weighted by Crippen LogP contribution is -2.35. The van der Waals surface area contributed by atoms with Crippen molar-refractivity contribution in [1.82, 2.24) is 24.5 Å². The molecule has 0 saturated heterocycles. The van der Waals surface area contributed by atoms with E-state index in [4.69, 9.17) is 4.74 Å². The lowest BCUT2D eigenvalue weighted by atomic mass is 10.0. The van der Waals surface area contributed by atoms with Gasteiger partial charge in [-0.3, -0.25) is 4.79 Å². The lowest BCUT2D eigenvalue weighted by Gasteiger charge is -2.14. The molecule has 184 valence electrons. The molecule has 0 unspecified atom stereocenters. The van der Waals surface area contributed by atoms with Crippen LogP contribution in [0.25, 0.3) is 33.1 Å². The molecule has 5 rings (SSSR count). The van der Waals surface area contributed by atoms with Gasteiger partial charge in [0.2, 0.25) is 0 Å². The summed E-state index contributed by atoms with van der Waals surface area (Å²) in [5, 5.41) is 3.63. The summed E-state index contributed by atoms with van der Waals surface area (Å²) in [5.41, 5.74) is 0.106. The van der Waals surface area contributed by atoms with E-state index < -0.39 is 34.9 Å². The van der Waals surface area contributed by atoms with Crippen molar-refractivity contribution in [3.8, 4) is 22.6 Å². The molecule has 36 heavy (non-hydrogen) atoms. The highest BCUT2D eigenvalue weighted by Crippen LogP contribution is 2.39. The summed E-state index contributed by atoms with van der Waals surface area (Å²) >= 11 is 0. The fourth-order valence-corrected chi connectivity index (χ4v) is 3.56. The zero-order valence-corrected chi connectivity index (χ0v) is 17.9. The molecule has 14 heteroatoms. The van der Waals surface area contributed by atoms with Gasteiger partial charge in [-0.2, -0.15) is 13.2 Å². The summed E-state index contributed by atoms with van der Waals surface area (Å²) < 4.78 is 72.6. The van der Waals surface area contributed by atoms with Crippen molar-refractivity contribution in [3.63, 3.8) is 0 Å². The fraction of sp³-hybridized carbons (Fsp3) is 0.0909. The van der Waals surface area contributed by atoms with Crippen molar-refractivity contribution in [2.75, 3.05) is 0 Å². The van der Waals surface area contributed by atoms with Gasteiger partial charge in [-0.05, 0) is 18.2 Å². The molecule has 0 radical (unpaired) electrons. The third-order valence-electron chi connectivity index (χ3n) is 5.20. The van der Waals surface area contributed by atoms with Gasteiger partial charge >= 0.3 is 12.1 Å². The Morgan fingerprint density at radius 3 is 2.58 bits per heavy atom. The number of nitrogens with zero attached hydrogens (tertiary/aromatic N) is 4. The Bertz CT molecular complexity index is 1720. The predicted octanol–water partition coefficient (Wildman–Crippen LogP) is 3.87. The number of hydrogen-bond donors (Lipinski definition) is 1. The molecule has 2 aromatic carbocycles. The van der Waals surface area contributed by atoms with Crippen molar-refractivity contribution in [1.29, 1.82) is 0 Å². The van der Waals surface area contributed by atoms with Gasteiger partial charge in [0.25, 0.3) is 5.56 Å². The molecule has 1 N–H and O–H groups in total. The zero-order valence-electron chi connectivity index (χ0n) is 17.9. The van der Waals surface area contributed by atoms with Crippen molar-refractivity contribution < 1.29 is 36.3 Å². The van der Waals surface area contributed by atoms with E-state index in [1.165, 1.54) is 31.7 Å². The quantitative estimate of drug-likeness (QED) is 0.372. The Morgan fingerprint density at radius 1 is 1.08 bits per heavy atom. The third kappa shape index (κ3) is 3.91. The number of fused-ring (bicyclic) bond motifs is 2. The standard InChI is InChI=1S/C22H12F5N5O4/c1-31-8-13(12-7-30-32(19(12)20(31)33)36-21(34)22(25,26)27)11-5-15-16(29-9-28-15)6-18(11)35-17-3-2-10(23)4-14(17)24/h2-9H,1H3,(H,28,29). The summed E-state index contributed by atoms with van der Waals surface area (Å²) in [5.74, 6) is -4.65. The fourth-order valence-electron chi connectivity index (χ4n) is 3.56. The molecule has 0 aliphatic carbocycles. The Hall–Kier alpha value is -4.75. The average Bonchev–Trinajstić information content (AvgIpc) is 3.44. The Labute approximate surface area is 196 Å². The molecular weight excluding hydrogens is 493 g/mol. The van der Waals surface area contributed by atoms with Gasteiger partial charge in [-0.15, -0.1) is 5.10 Å². The van der Waals surface area contributed by atoms with Crippen LogP contribution in [-0.2, 0) is 11.8 Å². The van der Waals surface area contributed by atoms with Gasteiger partial charge < -0.3 is 19.1 Å². The maximum atomic E-state index is 14.3. The third-order valence-corrected chi connectivity index (χ3v) is 5.20. The highest BCUT2D eigenvalue weighted by Gasteiger charge is 2.42. The highest BCUT2D eigenvalue weighted by molar-refractivity contribution is 5.98. The molecule has 5 aromatic rings. The first-order chi connectivity index (χ1) is 17.0. The number of pyridine rings is 1. The monoisotopic (exact) mass is 505 g/mol. The molecule has 0 atom stereocenters. The van der Waals surface area contributed by atoms with Gasteiger partial charge in [-0.25, -0.2) is 18.6 Å². The smallest absolute Gasteiger partial charge is 0.454 e. The van der Waals surface area contributed by atoms with Crippen LogP contribution >= 0.6 is 0 Å². The molecule has 3 aromatic heterocycles. The normalized spacial score (nSPS) is 11.8. The van der Waals surface area contributed by atoms with Crippen LogP contribution in [0, 0.1) is 11.6 Å². The molecule has 0 aliphatic heterocycles. The second kappa shape index (κ2) is 8.18. The number of aryl methyl sites for hydroxylation is 1. The van der Waals surface area contributed by atoms with Crippen LogP contribution in [0.5, 0.6) is 11.5 Å². The molecule has 0 spiro atoms. The van der Waals surface area contributed by atoms with Gasteiger partial charge in [0, 0.05) is 41.9 Å². The van der Waals surface area contributed by atoms with E-state index in [2.05, 4.69) is 19.9 Å². The average molecular weight is 505 g/mol. The summed E-state index contributed by atoms with van der Waals surface area (Å²) in [7, 11) is 1.32. The van der Waals surface area contributed by atoms with E-state index in [0.29, 0.717) is 17.1 Å². The molecule has 0 aliphatic rings. The second-order valence-electron chi connectivity index (χ2n) is 7.56. The van der Waals surface area contributed by atoms with Crippen molar-refractivity contribution >= 4 is 27.9 Å². The minimum atomic E-state index is -5.33. The number of ether oxygens (including phenoxy) is 1. The number of H-pyrrole nitrogens is 1. The van der Waals surface area contributed by atoms with Crippen LogP contribution in [-0.4, -0.2) is 36.6 Å². The maximum Gasteiger partial charge on any atom is 0.493 e. The Kier molecular flexibility index (Phi) is 5.23. The second-order valence-corrected chi connectivity index (χ2v) is 7.56.